The molecule has 0 atom stereocenters. The van der Waals surface area contributed by atoms with Gasteiger partial charge in [-0.05, 0) is 26.3 Å². The highest BCUT2D eigenvalue weighted by molar-refractivity contribution is 7.86. The molecule has 5 heteroatoms. The minimum Gasteiger partial charge on any atom is -0.189 e. The third-order valence-electron chi connectivity index (χ3n) is 1.74. The Hall–Kier alpha value is -0.420. The minimum atomic E-state index is -4.53. The van der Waals surface area contributed by atoms with E-state index in [1.54, 1.807) is 20.8 Å². The molecule has 0 spiro atoms. The second-order valence-corrected chi connectivity index (χ2v) is 5.32. The SMILES string of the molecule is Cc1sc(C)c(S(=O)(=O)F)c1C. The number of hydrogen-bond donors (Lipinski definition) is 0. The van der Waals surface area contributed by atoms with Gasteiger partial charge in [0.15, 0.2) is 0 Å². The fraction of sp³-hybridized carbons (Fsp3) is 0.429. The first kappa shape index (κ1) is 9.67. The molecule has 0 unspecified atom stereocenters. The number of halogens is 1. The summed E-state index contributed by atoms with van der Waals surface area (Å²) in [7, 11) is -4.53. The van der Waals surface area contributed by atoms with E-state index in [2.05, 4.69) is 0 Å². The molecule has 12 heavy (non-hydrogen) atoms. The summed E-state index contributed by atoms with van der Waals surface area (Å²) in [6.45, 7) is 5.00. The molecule has 0 fully saturated rings. The predicted octanol–water partition coefficient (Wildman–Crippen LogP) is 2.33. The summed E-state index contributed by atoms with van der Waals surface area (Å²) in [5.41, 5.74) is 0.528. The van der Waals surface area contributed by atoms with E-state index in [1.807, 2.05) is 0 Å². The molecule has 1 aromatic heterocycles. The van der Waals surface area contributed by atoms with Gasteiger partial charge in [-0.1, -0.05) is 0 Å². The first-order valence-corrected chi connectivity index (χ1v) is 5.55. The zero-order chi connectivity index (χ0) is 9.52. The fourth-order valence-electron chi connectivity index (χ4n) is 1.13. The highest BCUT2D eigenvalue weighted by atomic mass is 32.3. The Balaban J connectivity index is 3.54. The molecule has 68 valence electrons. The van der Waals surface area contributed by atoms with Gasteiger partial charge in [0.1, 0.15) is 4.90 Å². The number of rotatable bonds is 1. The molecule has 0 amide bonds. The van der Waals surface area contributed by atoms with Gasteiger partial charge in [-0.15, -0.1) is 15.2 Å². The maximum absolute atomic E-state index is 12.6. The average molecular weight is 208 g/mol. The van der Waals surface area contributed by atoms with Crippen LogP contribution in [0.5, 0.6) is 0 Å². The van der Waals surface area contributed by atoms with Crippen LogP contribution in [0.1, 0.15) is 15.3 Å². The van der Waals surface area contributed by atoms with Gasteiger partial charge in [0.2, 0.25) is 0 Å². The van der Waals surface area contributed by atoms with E-state index in [4.69, 9.17) is 0 Å². The van der Waals surface area contributed by atoms with Gasteiger partial charge >= 0.3 is 10.2 Å². The van der Waals surface area contributed by atoms with Gasteiger partial charge in [-0.2, -0.15) is 8.42 Å². The van der Waals surface area contributed by atoms with Crippen LogP contribution in [0.15, 0.2) is 4.90 Å². The smallest absolute Gasteiger partial charge is 0.189 e. The summed E-state index contributed by atoms with van der Waals surface area (Å²) < 4.78 is 33.9. The van der Waals surface area contributed by atoms with Crippen LogP contribution >= 0.6 is 11.3 Å². The molecule has 1 heterocycles. The van der Waals surface area contributed by atoms with Gasteiger partial charge in [0, 0.05) is 9.75 Å². The lowest BCUT2D eigenvalue weighted by molar-refractivity contribution is 0.551. The second-order valence-electron chi connectivity index (χ2n) is 2.61. The summed E-state index contributed by atoms with van der Waals surface area (Å²) in [5.74, 6) is 0. The topological polar surface area (TPSA) is 34.1 Å². The molecule has 2 nitrogen and oxygen atoms in total. The summed E-state index contributed by atoms with van der Waals surface area (Å²) in [6.07, 6.45) is 0. The Bertz CT molecular complexity index is 403. The molecule has 0 aliphatic rings. The van der Waals surface area contributed by atoms with Crippen LogP contribution < -0.4 is 0 Å². The Morgan fingerprint density at radius 2 is 1.67 bits per heavy atom. The highest BCUT2D eigenvalue weighted by Crippen LogP contribution is 2.31. The molecule has 0 saturated heterocycles. The van der Waals surface area contributed by atoms with Crippen molar-refractivity contribution in [3.05, 3.63) is 15.3 Å². The van der Waals surface area contributed by atoms with Crippen molar-refractivity contribution in [2.24, 2.45) is 0 Å². The van der Waals surface area contributed by atoms with Crippen LogP contribution in [0.3, 0.4) is 0 Å². The zero-order valence-electron chi connectivity index (χ0n) is 7.01. The van der Waals surface area contributed by atoms with Gasteiger partial charge in [0.05, 0.1) is 0 Å². The monoisotopic (exact) mass is 208 g/mol. The van der Waals surface area contributed by atoms with Crippen molar-refractivity contribution in [1.29, 1.82) is 0 Å². The minimum absolute atomic E-state index is 0.148. The quantitative estimate of drug-likeness (QED) is 0.664. The Morgan fingerprint density at radius 1 is 1.17 bits per heavy atom. The largest absolute Gasteiger partial charge is 0.333 e. The van der Waals surface area contributed by atoms with Crippen molar-refractivity contribution in [3.63, 3.8) is 0 Å². The van der Waals surface area contributed by atoms with Crippen LogP contribution in [-0.2, 0) is 10.2 Å². The van der Waals surface area contributed by atoms with Crippen molar-refractivity contribution < 1.29 is 12.3 Å². The van der Waals surface area contributed by atoms with Crippen molar-refractivity contribution >= 4 is 21.6 Å². The maximum Gasteiger partial charge on any atom is 0.333 e. The average Bonchev–Trinajstić information content (AvgIpc) is 2.05. The van der Waals surface area contributed by atoms with Crippen LogP contribution in [0.2, 0.25) is 0 Å². The van der Waals surface area contributed by atoms with Gasteiger partial charge in [-0.25, -0.2) is 0 Å². The van der Waals surface area contributed by atoms with E-state index >= 15 is 0 Å². The van der Waals surface area contributed by atoms with E-state index in [9.17, 15) is 12.3 Å². The first-order chi connectivity index (χ1) is 5.34. The number of aryl methyl sites for hydroxylation is 2. The Kier molecular flexibility index (Phi) is 2.27. The Labute approximate surface area is 75.3 Å². The van der Waals surface area contributed by atoms with Gasteiger partial charge < -0.3 is 0 Å². The van der Waals surface area contributed by atoms with Crippen LogP contribution in [0.4, 0.5) is 3.89 Å². The highest BCUT2D eigenvalue weighted by Gasteiger charge is 2.21. The van der Waals surface area contributed by atoms with E-state index in [0.717, 1.165) is 4.88 Å². The lowest BCUT2D eigenvalue weighted by Gasteiger charge is -1.94. The molecule has 1 aromatic rings. The second kappa shape index (κ2) is 2.81. The van der Waals surface area contributed by atoms with Crippen LogP contribution in [0.25, 0.3) is 0 Å². The molecule has 0 N–H and O–H groups in total. The third kappa shape index (κ3) is 1.51. The number of hydrogen-bond acceptors (Lipinski definition) is 3. The summed E-state index contributed by atoms with van der Waals surface area (Å²) in [5, 5.41) is 0. The van der Waals surface area contributed by atoms with Crippen LogP contribution in [-0.4, -0.2) is 8.42 Å². The normalized spacial score (nSPS) is 12.0. The lowest BCUT2D eigenvalue weighted by atomic mass is 10.3. The first-order valence-electron chi connectivity index (χ1n) is 3.35. The van der Waals surface area contributed by atoms with Gasteiger partial charge in [-0.3, -0.25) is 0 Å². The summed E-state index contributed by atoms with van der Waals surface area (Å²) >= 11 is 1.30. The summed E-state index contributed by atoms with van der Waals surface area (Å²) in [4.78, 5) is 1.22. The van der Waals surface area contributed by atoms with Crippen molar-refractivity contribution in [3.8, 4) is 0 Å². The van der Waals surface area contributed by atoms with E-state index in [0.29, 0.717) is 10.4 Å². The van der Waals surface area contributed by atoms with E-state index in [-0.39, 0.29) is 4.90 Å². The molecule has 0 radical (unpaired) electrons. The standard InChI is InChI=1S/C7H9FO2S2/c1-4-5(2)11-6(3)7(4)12(8,9)10/h1-3H3. The molecule has 0 bridgehead atoms. The van der Waals surface area contributed by atoms with Gasteiger partial charge in [0.25, 0.3) is 0 Å². The van der Waals surface area contributed by atoms with E-state index < -0.39 is 10.2 Å². The summed E-state index contributed by atoms with van der Waals surface area (Å²) in [6, 6.07) is 0. The third-order valence-corrected chi connectivity index (χ3v) is 4.09. The van der Waals surface area contributed by atoms with Crippen LogP contribution in [0, 0.1) is 20.8 Å². The number of thiophene rings is 1. The van der Waals surface area contributed by atoms with Crippen molar-refractivity contribution in [2.75, 3.05) is 0 Å². The van der Waals surface area contributed by atoms with Crippen molar-refractivity contribution in [1.82, 2.24) is 0 Å². The molecular weight excluding hydrogens is 199 g/mol. The molecular formula is C7H9FO2S2. The fourth-order valence-corrected chi connectivity index (χ4v) is 3.44. The van der Waals surface area contributed by atoms with E-state index in [1.165, 1.54) is 11.3 Å². The Morgan fingerprint density at radius 3 is 1.83 bits per heavy atom. The maximum atomic E-state index is 12.6. The molecule has 0 aromatic carbocycles. The lowest BCUT2D eigenvalue weighted by Crippen LogP contribution is -1.94. The zero-order valence-corrected chi connectivity index (χ0v) is 8.64. The molecule has 0 aliphatic carbocycles. The van der Waals surface area contributed by atoms with Crippen molar-refractivity contribution in [2.45, 2.75) is 25.7 Å². The molecule has 1 rings (SSSR count). The molecule has 0 aliphatic heterocycles. The molecule has 0 saturated carbocycles. The predicted molar refractivity (Wildman–Crippen MR) is 46.8 cm³/mol.